The first-order valence-corrected chi connectivity index (χ1v) is 10.1. The Morgan fingerprint density at radius 1 is 1.08 bits per heavy atom. The number of aldehydes is 1. The molecular weight excluding hydrogens is 348 g/mol. The van der Waals surface area contributed by atoms with Crippen LogP contribution in [0.4, 0.5) is 0 Å². The molecule has 0 saturated carbocycles. The first-order valence-electron chi connectivity index (χ1n) is 8.69. The number of aromatic nitrogens is 1. The molecule has 1 aliphatic heterocycles. The molecule has 0 bridgehead atoms. The molecule has 0 spiro atoms. The first-order chi connectivity index (χ1) is 12.5. The number of H-pyrrole nitrogens is 1. The minimum Gasteiger partial charge on any atom is -0.354 e. The standard InChI is InChI=1S/C20H20N2O3S/c1-14-5-4-6-15(11-14)20-18(13-23)17-12-16(7-8-19(17)21-20)26(24,25)22-9-2-3-10-22/h4-8,11-13,21H,2-3,9-10H2,1H3. The first kappa shape index (κ1) is 17.0. The summed E-state index contributed by atoms with van der Waals surface area (Å²) in [5, 5.41) is 0.636. The van der Waals surface area contributed by atoms with Gasteiger partial charge in [0.1, 0.15) is 0 Å². The number of rotatable bonds is 4. The number of nitrogens with zero attached hydrogens (tertiary/aromatic N) is 1. The number of aromatic amines is 1. The molecule has 1 saturated heterocycles. The largest absolute Gasteiger partial charge is 0.354 e. The van der Waals surface area contributed by atoms with E-state index in [0.29, 0.717) is 24.0 Å². The molecule has 1 N–H and O–H groups in total. The number of aryl methyl sites for hydroxylation is 1. The summed E-state index contributed by atoms with van der Waals surface area (Å²) in [6.45, 7) is 3.11. The molecule has 0 aliphatic carbocycles. The fraction of sp³-hybridized carbons (Fsp3) is 0.250. The van der Waals surface area contributed by atoms with Gasteiger partial charge in [-0.2, -0.15) is 4.31 Å². The number of hydrogen-bond acceptors (Lipinski definition) is 3. The highest BCUT2D eigenvalue weighted by molar-refractivity contribution is 7.89. The molecule has 3 aromatic rings. The highest BCUT2D eigenvalue weighted by atomic mass is 32.2. The number of sulfonamides is 1. The van der Waals surface area contributed by atoms with E-state index >= 15 is 0 Å². The Morgan fingerprint density at radius 2 is 1.85 bits per heavy atom. The van der Waals surface area contributed by atoms with Crippen molar-refractivity contribution < 1.29 is 13.2 Å². The molecule has 0 amide bonds. The molecule has 1 fully saturated rings. The zero-order valence-corrected chi connectivity index (χ0v) is 15.3. The minimum absolute atomic E-state index is 0.241. The molecule has 0 atom stereocenters. The lowest BCUT2D eigenvalue weighted by atomic mass is 10.0. The molecule has 6 heteroatoms. The Bertz CT molecular complexity index is 1090. The molecule has 2 heterocycles. The smallest absolute Gasteiger partial charge is 0.243 e. The van der Waals surface area contributed by atoms with Crippen LogP contribution in [-0.4, -0.2) is 37.1 Å². The van der Waals surface area contributed by atoms with Crippen molar-refractivity contribution in [1.29, 1.82) is 0 Å². The lowest BCUT2D eigenvalue weighted by Gasteiger charge is -2.15. The number of carbonyl (C=O) groups is 1. The number of benzene rings is 2. The lowest BCUT2D eigenvalue weighted by molar-refractivity contribution is 0.112. The van der Waals surface area contributed by atoms with Gasteiger partial charge < -0.3 is 4.98 Å². The number of hydrogen-bond donors (Lipinski definition) is 1. The predicted molar refractivity (Wildman–Crippen MR) is 102 cm³/mol. The maximum atomic E-state index is 12.8. The van der Waals surface area contributed by atoms with Crippen LogP contribution in [0.25, 0.3) is 22.2 Å². The average Bonchev–Trinajstić information content (AvgIpc) is 3.29. The van der Waals surface area contributed by atoms with Crippen molar-refractivity contribution in [2.75, 3.05) is 13.1 Å². The van der Waals surface area contributed by atoms with Crippen LogP contribution >= 0.6 is 0 Å². The summed E-state index contributed by atoms with van der Waals surface area (Å²) in [6.07, 6.45) is 2.58. The van der Waals surface area contributed by atoms with Gasteiger partial charge in [0.2, 0.25) is 10.0 Å². The molecule has 26 heavy (non-hydrogen) atoms. The Labute approximate surface area is 152 Å². The number of fused-ring (bicyclic) bond motifs is 1. The molecule has 2 aromatic carbocycles. The summed E-state index contributed by atoms with van der Waals surface area (Å²) in [4.78, 5) is 15.3. The van der Waals surface area contributed by atoms with Crippen LogP contribution in [0.15, 0.2) is 47.4 Å². The quantitative estimate of drug-likeness (QED) is 0.713. The molecular formula is C20H20N2O3S. The molecule has 134 valence electrons. The topological polar surface area (TPSA) is 70.2 Å². The van der Waals surface area contributed by atoms with Crippen molar-refractivity contribution in [3.05, 3.63) is 53.6 Å². The van der Waals surface area contributed by atoms with Gasteiger partial charge in [-0.15, -0.1) is 0 Å². The Morgan fingerprint density at radius 3 is 2.54 bits per heavy atom. The van der Waals surface area contributed by atoms with E-state index in [2.05, 4.69) is 4.98 Å². The molecule has 4 rings (SSSR count). The fourth-order valence-corrected chi connectivity index (χ4v) is 5.12. The number of nitrogens with one attached hydrogen (secondary N) is 1. The van der Waals surface area contributed by atoms with Crippen LogP contribution in [0, 0.1) is 6.92 Å². The van der Waals surface area contributed by atoms with Gasteiger partial charge in [-0.1, -0.05) is 23.8 Å². The van der Waals surface area contributed by atoms with E-state index in [9.17, 15) is 13.2 Å². The van der Waals surface area contributed by atoms with Crippen molar-refractivity contribution >= 4 is 27.2 Å². The van der Waals surface area contributed by atoms with Gasteiger partial charge in [-0.05, 0) is 49.6 Å². The van der Waals surface area contributed by atoms with E-state index in [-0.39, 0.29) is 4.90 Å². The van der Waals surface area contributed by atoms with Gasteiger partial charge in [-0.3, -0.25) is 4.79 Å². The normalized spacial score (nSPS) is 15.6. The van der Waals surface area contributed by atoms with Crippen LogP contribution < -0.4 is 0 Å². The summed E-state index contributed by atoms with van der Waals surface area (Å²) < 4.78 is 27.2. The summed E-state index contributed by atoms with van der Waals surface area (Å²) in [5.41, 5.74) is 3.96. The van der Waals surface area contributed by atoms with E-state index in [1.165, 1.54) is 4.31 Å². The van der Waals surface area contributed by atoms with Crippen LogP contribution in [-0.2, 0) is 10.0 Å². The zero-order chi connectivity index (χ0) is 18.3. The Kier molecular flexibility index (Phi) is 4.17. The van der Waals surface area contributed by atoms with Crippen molar-refractivity contribution in [1.82, 2.24) is 9.29 Å². The van der Waals surface area contributed by atoms with Gasteiger partial charge in [-0.25, -0.2) is 8.42 Å². The van der Waals surface area contributed by atoms with Crippen molar-refractivity contribution in [3.8, 4) is 11.3 Å². The van der Waals surface area contributed by atoms with Crippen molar-refractivity contribution in [3.63, 3.8) is 0 Å². The van der Waals surface area contributed by atoms with E-state index < -0.39 is 10.0 Å². The SMILES string of the molecule is Cc1cccc(-c2[nH]c3ccc(S(=O)(=O)N4CCCC4)cc3c2C=O)c1. The second-order valence-corrected chi connectivity index (χ2v) is 8.66. The van der Waals surface area contributed by atoms with E-state index in [4.69, 9.17) is 0 Å². The highest BCUT2D eigenvalue weighted by Crippen LogP contribution is 2.32. The van der Waals surface area contributed by atoms with Crippen molar-refractivity contribution in [2.45, 2.75) is 24.7 Å². The summed E-state index contributed by atoms with van der Waals surface area (Å²) in [5.74, 6) is 0. The van der Waals surface area contributed by atoms with Crippen LogP contribution in [0.1, 0.15) is 28.8 Å². The third kappa shape index (κ3) is 2.75. The van der Waals surface area contributed by atoms with E-state index in [0.717, 1.165) is 41.5 Å². The molecule has 5 nitrogen and oxygen atoms in total. The van der Waals surface area contributed by atoms with Gasteiger partial charge in [0.05, 0.1) is 10.6 Å². The summed E-state index contributed by atoms with van der Waals surface area (Å²) >= 11 is 0. The third-order valence-corrected chi connectivity index (χ3v) is 6.83. The van der Waals surface area contributed by atoms with Crippen molar-refractivity contribution in [2.24, 2.45) is 0 Å². The molecule has 0 unspecified atom stereocenters. The van der Waals surface area contributed by atoms with Crippen LogP contribution in [0.2, 0.25) is 0 Å². The number of carbonyl (C=O) groups excluding carboxylic acids is 1. The summed E-state index contributed by atoms with van der Waals surface area (Å²) in [7, 11) is -3.51. The van der Waals surface area contributed by atoms with Crippen LogP contribution in [0.5, 0.6) is 0 Å². The van der Waals surface area contributed by atoms with E-state index in [1.807, 2.05) is 31.2 Å². The maximum absolute atomic E-state index is 12.8. The van der Waals surface area contributed by atoms with Gasteiger partial charge in [0.15, 0.2) is 6.29 Å². The van der Waals surface area contributed by atoms with Crippen LogP contribution in [0.3, 0.4) is 0 Å². The van der Waals surface area contributed by atoms with Gasteiger partial charge in [0.25, 0.3) is 0 Å². The van der Waals surface area contributed by atoms with Gasteiger partial charge in [0, 0.05) is 29.6 Å². The maximum Gasteiger partial charge on any atom is 0.243 e. The molecule has 1 aromatic heterocycles. The zero-order valence-electron chi connectivity index (χ0n) is 14.5. The second kappa shape index (κ2) is 6.37. The van der Waals surface area contributed by atoms with Gasteiger partial charge >= 0.3 is 0 Å². The predicted octanol–water partition coefficient (Wildman–Crippen LogP) is 3.74. The Balaban J connectivity index is 1.87. The Hall–Kier alpha value is -2.44. The average molecular weight is 368 g/mol. The highest BCUT2D eigenvalue weighted by Gasteiger charge is 2.27. The monoisotopic (exact) mass is 368 g/mol. The second-order valence-electron chi connectivity index (χ2n) is 6.72. The fourth-order valence-electron chi connectivity index (χ4n) is 3.58. The summed E-state index contributed by atoms with van der Waals surface area (Å²) in [6, 6.07) is 12.8. The third-order valence-electron chi connectivity index (χ3n) is 4.94. The molecule has 1 aliphatic rings. The van der Waals surface area contributed by atoms with E-state index in [1.54, 1.807) is 18.2 Å². The lowest BCUT2D eigenvalue weighted by Crippen LogP contribution is -2.27. The minimum atomic E-state index is -3.51. The molecule has 0 radical (unpaired) electrons.